The molecule has 0 aliphatic heterocycles. The highest BCUT2D eigenvalue weighted by Gasteiger charge is 2.14. The van der Waals surface area contributed by atoms with E-state index < -0.39 is 0 Å². The van der Waals surface area contributed by atoms with Crippen molar-refractivity contribution in [2.24, 2.45) is 0 Å². The minimum atomic E-state index is 0.607. The second-order valence-electron chi connectivity index (χ2n) is 8.85. The Morgan fingerprint density at radius 2 is 0.909 bits per heavy atom. The van der Waals surface area contributed by atoms with Crippen LogP contribution in [0.5, 0.6) is 0 Å². The molecular weight excluding hydrogens is 398 g/mol. The van der Waals surface area contributed by atoms with E-state index in [-0.39, 0.29) is 0 Å². The Labute approximate surface area is 210 Å². The molecule has 4 heteroatoms. The first-order chi connectivity index (χ1) is 15.6. The van der Waals surface area contributed by atoms with Crippen LogP contribution in [0.2, 0.25) is 0 Å². The lowest BCUT2D eigenvalue weighted by Crippen LogP contribution is -2.44. The summed E-state index contributed by atoms with van der Waals surface area (Å²) in [5.41, 5.74) is 2.72. The van der Waals surface area contributed by atoms with Gasteiger partial charge in [0.15, 0.2) is 7.98 Å². The molecular formula is C29H56B2N2. The van der Waals surface area contributed by atoms with Crippen LogP contribution in [0.3, 0.4) is 0 Å². The molecule has 0 aliphatic rings. The lowest BCUT2D eigenvalue weighted by molar-refractivity contribution is 0.315. The van der Waals surface area contributed by atoms with E-state index in [4.69, 9.17) is 0 Å². The van der Waals surface area contributed by atoms with Gasteiger partial charge in [0.1, 0.15) is 0 Å². The fourth-order valence-electron chi connectivity index (χ4n) is 2.89. The van der Waals surface area contributed by atoms with Crippen LogP contribution in [0.1, 0.15) is 88.6 Å². The summed E-state index contributed by atoms with van der Waals surface area (Å²) in [5.74, 6) is 0. The third kappa shape index (κ3) is 20.8. The summed E-state index contributed by atoms with van der Waals surface area (Å²) in [7, 11) is 3.20. The average molecular weight is 454 g/mol. The van der Waals surface area contributed by atoms with Crippen molar-refractivity contribution in [1.29, 1.82) is 0 Å². The quantitative estimate of drug-likeness (QED) is 0.461. The fraction of sp³-hybridized carbons (Fsp3) is 0.586. The molecule has 0 heterocycles. The fourth-order valence-corrected chi connectivity index (χ4v) is 2.89. The summed E-state index contributed by atoms with van der Waals surface area (Å²) in [6.45, 7) is 27.9. The largest absolute Gasteiger partial charge is 0.345 e. The van der Waals surface area contributed by atoms with E-state index in [9.17, 15) is 0 Å². The third-order valence-electron chi connectivity index (χ3n) is 5.10. The average Bonchev–Trinajstić information content (AvgIpc) is 2.81. The zero-order chi connectivity index (χ0) is 26.4. The van der Waals surface area contributed by atoms with Crippen LogP contribution in [0.25, 0.3) is 0 Å². The van der Waals surface area contributed by atoms with Gasteiger partial charge in [0, 0.05) is 0 Å². The van der Waals surface area contributed by atoms with Crippen molar-refractivity contribution in [3.63, 3.8) is 0 Å². The van der Waals surface area contributed by atoms with Crippen LogP contribution < -0.4 is 5.46 Å². The summed E-state index contributed by atoms with van der Waals surface area (Å²) in [5, 5.41) is 0. The third-order valence-corrected chi connectivity index (χ3v) is 5.10. The maximum Gasteiger partial charge on any atom is 0.239 e. The molecule has 188 valence electrons. The molecule has 2 nitrogen and oxygen atoms in total. The van der Waals surface area contributed by atoms with E-state index in [0.29, 0.717) is 24.2 Å². The van der Waals surface area contributed by atoms with Crippen molar-refractivity contribution in [2.75, 3.05) is 0 Å². The minimum absolute atomic E-state index is 0.607. The van der Waals surface area contributed by atoms with Gasteiger partial charge < -0.3 is 9.62 Å². The maximum absolute atomic E-state index is 2.50. The first-order valence-electron chi connectivity index (χ1n) is 13.1. The van der Waals surface area contributed by atoms with E-state index in [1.165, 1.54) is 11.0 Å². The van der Waals surface area contributed by atoms with Gasteiger partial charge in [0.05, 0.1) is 0 Å². The lowest BCUT2D eigenvalue weighted by atomic mass is 9.78. The molecule has 0 atom stereocenters. The molecule has 33 heavy (non-hydrogen) atoms. The smallest absolute Gasteiger partial charge is 0.239 e. The number of rotatable bonds is 6. The molecule has 0 spiro atoms. The van der Waals surface area contributed by atoms with Gasteiger partial charge in [0.2, 0.25) is 7.41 Å². The Morgan fingerprint density at radius 1 is 0.576 bits per heavy atom. The van der Waals surface area contributed by atoms with E-state index in [1.54, 1.807) is 0 Å². The summed E-state index contributed by atoms with van der Waals surface area (Å²) in [6, 6.07) is 23.5. The summed E-state index contributed by atoms with van der Waals surface area (Å²) < 4.78 is 0. The van der Waals surface area contributed by atoms with Gasteiger partial charge in [-0.1, -0.05) is 155 Å². The molecule has 0 aliphatic carbocycles. The van der Waals surface area contributed by atoms with Crippen molar-refractivity contribution in [3.8, 4) is 0 Å². The number of hydrogen-bond acceptors (Lipinski definition) is 2. The van der Waals surface area contributed by atoms with Gasteiger partial charge in [-0.25, -0.2) is 0 Å². The first-order valence-corrected chi connectivity index (χ1v) is 13.1. The van der Waals surface area contributed by atoms with Gasteiger partial charge in [-0.3, -0.25) is 0 Å². The Balaban J connectivity index is -0.000000405. The van der Waals surface area contributed by atoms with Gasteiger partial charge in [0.25, 0.3) is 0 Å². The topological polar surface area (TPSA) is 6.48 Å². The van der Waals surface area contributed by atoms with Gasteiger partial charge in [-0.2, -0.15) is 0 Å². The predicted molar refractivity (Wildman–Crippen MR) is 160 cm³/mol. The van der Waals surface area contributed by atoms with Crippen molar-refractivity contribution in [2.45, 2.75) is 114 Å². The van der Waals surface area contributed by atoms with Crippen LogP contribution in [-0.4, -0.2) is 49.2 Å². The zero-order valence-corrected chi connectivity index (χ0v) is 24.7. The molecule has 0 unspecified atom stereocenters. The molecule has 0 amide bonds. The Bertz CT molecular complexity index is 598. The maximum atomic E-state index is 2.50. The summed E-state index contributed by atoms with van der Waals surface area (Å²) in [6.07, 6.45) is 0. The van der Waals surface area contributed by atoms with Crippen LogP contribution in [-0.2, 0) is 0 Å². The summed E-state index contributed by atoms with van der Waals surface area (Å²) in [4.78, 5) is 4.83. The monoisotopic (exact) mass is 454 g/mol. The molecule has 0 saturated carbocycles. The number of benzene rings is 2. The molecule has 2 aromatic rings. The SMILES string of the molecule is BN(C(C)C)C(C)C.CC.CC.CC(C)N(Bc1ccccc1)C(C)C.Cc1ccccc1. The van der Waals surface area contributed by atoms with Crippen molar-refractivity contribution in [3.05, 3.63) is 66.2 Å². The van der Waals surface area contributed by atoms with E-state index in [1.807, 2.05) is 45.9 Å². The molecule has 2 aromatic carbocycles. The predicted octanol–water partition coefficient (Wildman–Crippen LogP) is 6.48. The Morgan fingerprint density at radius 3 is 1.12 bits per heavy atom. The molecule has 0 aromatic heterocycles. The number of aryl methyl sites for hydroxylation is 1. The second-order valence-corrected chi connectivity index (χ2v) is 8.85. The van der Waals surface area contributed by atoms with Gasteiger partial charge in [-0.15, -0.1) is 0 Å². The molecule has 0 fully saturated rings. The first kappa shape index (κ1) is 36.1. The van der Waals surface area contributed by atoms with Crippen LogP contribution in [0, 0.1) is 6.92 Å². The van der Waals surface area contributed by atoms with Gasteiger partial charge in [-0.05, 0) is 31.1 Å². The molecule has 0 saturated heterocycles. The zero-order valence-electron chi connectivity index (χ0n) is 24.7. The molecule has 0 N–H and O–H groups in total. The van der Waals surface area contributed by atoms with Crippen molar-refractivity contribution in [1.82, 2.24) is 9.62 Å². The summed E-state index contributed by atoms with van der Waals surface area (Å²) >= 11 is 0. The van der Waals surface area contributed by atoms with Crippen LogP contribution >= 0.6 is 0 Å². The van der Waals surface area contributed by atoms with Crippen LogP contribution in [0.4, 0.5) is 0 Å². The lowest BCUT2D eigenvalue weighted by Gasteiger charge is -2.30. The highest BCUT2D eigenvalue weighted by Crippen LogP contribution is 2.02. The normalized spacial score (nSPS) is 9.91. The van der Waals surface area contributed by atoms with Crippen molar-refractivity contribution < 1.29 is 0 Å². The van der Waals surface area contributed by atoms with Crippen LogP contribution in [0.15, 0.2) is 60.7 Å². The molecule has 0 radical (unpaired) electrons. The second kappa shape index (κ2) is 23.6. The Kier molecular flexibility index (Phi) is 25.8. The minimum Gasteiger partial charge on any atom is -0.345 e. The highest BCUT2D eigenvalue weighted by molar-refractivity contribution is 6.50. The highest BCUT2D eigenvalue weighted by atomic mass is 15.1. The molecule has 2 rings (SSSR count). The van der Waals surface area contributed by atoms with Gasteiger partial charge >= 0.3 is 0 Å². The van der Waals surface area contributed by atoms with Crippen molar-refractivity contribution >= 4 is 20.9 Å². The number of hydrogen-bond donors (Lipinski definition) is 0. The van der Waals surface area contributed by atoms with E-state index >= 15 is 0 Å². The molecule has 0 bridgehead atoms. The standard InChI is InChI=1S/C12H20BN.C7H8.C6H16BN.2C2H6/c1-10(2)14(11(3)4)13-12-8-6-5-7-9-12;1-7-5-3-2-4-6-7;1-5(2)8(7)6(3)4;2*1-2/h5-11,13H,1-4H3;2-6H,1H3;5-6H,7H2,1-4H3;2*1-2H3. The number of nitrogens with zero attached hydrogens (tertiary/aromatic N) is 2. The van der Waals surface area contributed by atoms with E-state index in [0.717, 1.165) is 7.41 Å². The Hall–Kier alpha value is -1.51. The van der Waals surface area contributed by atoms with E-state index in [2.05, 4.69) is 122 Å².